The number of amides is 1. The van der Waals surface area contributed by atoms with Crippen LogP contribution in [0.25, 0.3) is 0 Å². The van der Waals surface area contributed by atoms with Gasteiger partial charge >= 0.3 is 6.18 Å². The second-order valence-corrected chi connectivity index (χ2v) is 8.49. The minimum atomic E-state index is -4.62. The molecule has 0 heterocycles. The maximum absolute atomic E-state index is 13.2. The van der Waals surface area contributed by atoms with Gasteiger partial charge in [-0.05, 0) is 42.8 Å². The summed E-state index contributed by atoms with van der Waals surface area (Å²) >= 11 is 0. The highest BCUT2D eigenvalue weighted by atomic mass is 32.2. The van der Waals surface area contributed by atoms with Gasteiger partial charge in [0.25, 0.3) is 15.9 Å². The number of benzene rings is 2. The second-order valence-electron chi connectivity index (χ2n) is 6.63. The number of hydrogen-bond acceptors (Lipinski definition) is 3. The van der Waals surface area contributed by atoms with Gasteiger partial charge in [0.1, 0.15) is 0 Å². The number of alkyl halides is 3. The van der Waals surface area contributed by atoms with Crippen LogP contribution in [0.3, 0.4) is 0 Å². The van der Waals surface area contributed by atoms with Crippen LogP contribution in [-0.4, -0.2) is 39.4 Å². The van der Waals surface area contributed by atoms with Crippen LogP contribution >= 0.6 is 0 Å². The quantitative estimate of drug-likeness (QED) is 0.565. The number of halogens is 3. The first-order chi connectivity index (χ1) is 14.0. The molecule has 30 heavy (non-hydrogen) atoms. The third-order valence-electron chi connectivity index (χ3n) is 4.33. The Morgan fingerprint density at radius 1 is 1.13 bits per heavy atom. The lowest BCUT2D eigenvalue weighted by Gasteiger charge is -2.24. The fourth-order valence-electron chi connectivity index (χ4n) is 2.87. The van der Waals surface area contributed by atoms with Gasteiger partial charge in [-0.15, -0.1) is 6.58 Å². The van der Waals surface area contributed by atoms with Gasteiger partial charge in [0, 0.05) is 19.2 Å². The zero-order chi connectivity index (χ0) is 22.5. The first-order valence-corrected chi connectivity index (χ1v) is 10.6. The van der Waals surface area contributed by atoms with E-state index in [0.29, 0.717) is 6.54 Å². The SMILES string of the molecule is C=CCN(c1cccc(C(F)(F)F)c1)S(=O)(=O)c1cccc(C(=O)N(C)CCC)c1. The third-order valence-corrected chi connectivity index (χ3v) is 6.12. The van der Waals surface area contributed by atoms with E-state index in [2.05, 4.69) is 6.58 Å². The topological polar surface area (TPSA) is 57.7 Å². The fraction of sp³-hybridized carbons (Fsp3) is 0.286. The zero-order valence-corrected chi connectivity index (χ0v) is 17.5. The van der Waals surface area contributed by atoms with Crippen molar-refractivity contribution in [1.82, 2.24) is 4.90 Å². The molecule has 0 atom stereocenters. The number of nitrogens with zero attached hydrogens (tertiary/aromatic N) is 2. The summed E-state index contributed by atoms with van der Waals surface area (Å²) in [4.78, 5) is 13.8. The molecule has 5 nitrogen and oxygen atoms in total. The van der Waals surface area contributed by atoms with Gasteiger partial charge in [0.15, 0.2) is 0 Å². The van der Waals surface area contributed by atoms with Crippen LogP contribution in [0.2, 0.25) is 0 Å². The van der Waals surface area contributed by atoms with Gasteiger partial charge in [-0.1, -0.05) is 25.1 Å². The van der Waals surface area contributed by atoms with E-state index in [1.807, 2.05) is 6.92 Å². The Hall–Kier alpha value is -2.81. The van der Waals surface area contributed by atoms with Crippen molar-refractivity contribution < 1.29 is 26.4 Å². The van der Waals surface area contributed by atoms with E-state index in [0.717, 1.165) is 28.9 Å². The first-order valence-electron chi connectivity index (χ1n) is 9.18. The maximum Gasteiger partial charge on any atom is 0.416 e. The standard InChI is InChI=1S/C21H23F3N2O3S/c1-4-12-25(3)20(27)16-8-6-11-19(14-16)30(28,29)26(13-5-2)18-10-7-9-17(15-18)21(22,23)24/h5-11,14-15H,2,4,12-13H2,1,3H3. The Labute approximate surface area is 174 Å². The average molecular weight is 440 g/mol. The van der Waals surface area contributed by atoms with Gasteiger partial charge in [-0.25, -0.2) is 8.42 Å². The van der Waals surface area contributed by atoms with E-state index in [4.69, 9.17) is 0 Å². The molecule has 0 aliphatic rings. The molecule has 0 aliphatic carbocycles. The summed E-state index contributed by atoms with van der Waals surface area (Å²) in [6.45, 7) is 5.68. The summed E-state index contributed by atoms with van der Waals surface area (Å²) in [7, 11) is -2.64. The number of sulfonamides is 1. The molecule has 0 spiro atoms. The molecule has 2 aromatic rings. The molecule has 0 unspecified atom stereocenters. The monoisotopic (exact) mass is 440 g/mol. The Morgan fingerprint density at radius 3 is 2.40 bits per heavy atom. The highest BCUT2D eigenvalue weighted by Gasteiger charge is 2.32. The molecular formula is C21H23F3N2O3S. The molecule has 0 saturated heterocycles. The maximum atomic E-state index is 13.2. The van der Waals surface area contributed by atoms with E-state index >= 15 is 0 Å². The summed E-state index contributed by atoms with van der Waals surface area (Å²) in [6, 6.07) is 9.51. The lowest BCUT2D eigenvalue weighted by Crippen LogP contribution is -2.32. The molecule has 0 saturated carbocycles. The fourth-order valence-corrected chi connectivity index (χ4v) is 4.34. The van der Waals surface area contributed by atoms with Gasteiger partial charge in [0.2, 0.25) is 0 Å². The van der Waals surface area contributed by atoms with Crippen molar-refractivity contribution in [3.8, 4) is 0 Å². The largest absolute Gasteiger partial charge is 0.416 e. The highest BCUT2D eigenvalue weighted by Crippen LogP contribution is 2.33. The molecule has 0 aliphatic heterocycles. The van der Waals surface area contributed by atoms with Gasteiger partial charge < -0.3 is 4.90 Å². The van der Waals surface area contributed by atoms with Crippen LogP contribution in [0.1, 0.15) is 29.3 Å². The van der Waals surface area contributed by atoms with E-state index in [1.54, 1.807) is 7.05 Å². The van der Waals surface area contributed by atoms with Crippen LogP contribution in [-0.2, 0) is 16.2 Å². The van der Waals surface area contributed by atoms with E-state index in [-0.39, 0.29) is 28.6 Å². The number of carbonyl (C=O) groups is 1. The van der Waals surface area contributed by atoms with Crippen molar-refractivity contribution in [2.45, 2.75) is 24.4 Å². The van der Waals surface area contributed by atoms with Gasteiger partial charge in [-0.2, -0.15) is 13.2 Å². The van der Waals surface area contributed by atoms with Crippen molar-refractivity contribution in [1.29, 1.82) is 0 Å². The minimum Gasteiger partial charge on any atom is -0.342 e. The van der Waals surface area contributed by atoms with Crippen LogP contribution in [0, 0.1) is 0 Å². The summed E-state index contributed by atoms with van der Waals surface area (Å²) in [5, 5.41) is 0. The van der Waals surface area contributed by atoms with Crippen molar-refractivity contribution in [2.24, 2.45) is 0 Å². The lowest BCUT2D eigenvalue weighted by atomic mass is 10.2. The summed E-state index contributed by atoms with van der Waals surface area (Å²) in [6.07, 6.45) is -2.60. The molecule has 0 N–H and O–H groups in total. The highest BCUT2D eigenvalue weighted by molar-refractivity contribution is 7.92. The number of anilines is 1. The molecule has 0 radical (unpaired) electrons. The molecule has 2 rings (SSSR count). The Kier molecular flexibility index (Phi) is 7.30. The smallest absolute Gasteiger partial charge is 0.342 e. The molecule has 0 bridgehead atoms. The van der Waals surface area contributed by atoms with Crippen LogP contribution in [0.15, 0.2) is 66.1 Å². The summed E-state index contributed by atoms with van der Waals surface area (Å²) < 4.78 is 66.5. The van der Waals surface area contributed by atoms with Crippen LogP contribution in [0.5, 0.6) is 0 Å². The van der Waals surface area contributed by atoms with Crippen molar-refractivity contribution in [2.75, 3.05) is 24.4 Å². The average Bonchev–Trinajstić information content (AvgIpc) is 2.71. The van der Waals surface area contributed by atoms with Crippen LogP contribution in [0.4, 0.5) is 18.9 Å². The molecule has 162 valence electrons. The van der Waals surface area contributed by atoms with Crippen molar-refractivity contribution >= 4 is 21.6 Å². The second kappa shape index (κ2) is 9.34. The summed E-state index contributed by atoms with van der Waals surface area (Å²) in [5.74, 6) is -0.344. The molecule has 0 aromatic heterocycles. The lowest BCUT2D eigenvalue weighted by molar-refractivity contribution is -0.137. The van der Waals surface area contributed by atoms with Gasteiger partial charge in [-0.3, -0.25) is 9.10 Å². The van der Waals surface area contributed by atoms with E-state index in [1.165, 1.54) is 41.3 Å². The summed E-state index contributed by atoms with van der Waals surface area (Å²) in [5.41, 5.74) is -0.937. The Balaban J connectivity index is 2.50. The van der Waals surface area contributed by atoms with E-state index < -0.39 is 21.8 Å². The Morgan fingerprint density at radius 2 is 1.80 bits per heavy atom. The van der Waals surface area contributed by atoms with Crippen molar-refractivity contribution in [3.05, 3.63) is 72.3 Å². The third kappa shape index (κ3) is 5.21. The normalized spacial score (nSPS) is 11.8. The molecule has 1 amide bonds. The van der Waals surface area contributed by atoms with Gasteiger partial charge in [0.05, 0.1) is 22.7 Å². The molecule has 0 fully saturated rings. The predicted molar refractivity (Wildman–Crippen MR) is 110 cm³/mol. The molecular weight excluding hydrogens is 417 g/mol. The zero-order valence-electron chi connectivity index (χ0n) is 16.7. The number of hydrogen-bond donors (Lipinski definition) is 0. The minimum absolute atomic E-state index is 0.149. The number of rotatable bonds is 8. The first kappa shape index (κ1) is 23.5. The molecule has 2 aromatic carbocycles. The molecule has 9 heteroatoms. The number of carbonyl (C=O) groups excluding carboxylic acids is 1. The van der Waals surface area contributed by atoms with Crippen molar-refractivity contribution in [3.63, 3.8) is 0 Å². The Bertz CT molecular complexity index is 1020. The van der Waals surface area contributed by atoms with E-state index in [9.17, 15) is 26.4 Å². The van der Waals surface area contributed by atoms with Crippen LogP contribution < -0.4 is 4.31 Å². The predicted octanol–water partition coefficient (Wildman–Crippen LogP) is 4.57.